The lowest BCUT2D eigenvalue weighted by Crippen LogP contribution is -2.34. The van der Waals surface area contributed by atoms with Crippen molar-refractivity contribution in [3.8, 4) is 0 Å². The Kier molecular flexibility index (Phi) is 8.28. The molecule has 1 aliphatic rings. The standard InChI is InChI=1S/C19H24Cl2N6O8P2/c1-9(35-37(33,34)8-36(30,31)32)11-6-13(16(29)15(11)28)27-18-14(25-26-27)17(23-19(21)24-18)22-7-10-4-2-3-5-12(10)20/h2-5,9,11,13,15-16,28-29H,6-8H2,1H3,(H,33,34)(H,22,23,24)(H2,30,31,32)/t9-,11+,13+,15+,16-/m0/s1. The lowest BCUT2D eigenvalue weighted by Gasteiger charge is -2.25. The number of halogens is 2. The fourth-order valence-electron chi connectivity index (χ4n) is 4.33. The fourth-order valence-corrected chi connectivity index (χ4v) is 7.50. The monoisotopic (exact) mass is 596 g/mol. The highest BCUT2D eigenvalue weighted by Crippen LogP contribution is 2.57. The van der Waals surface area contributed by atoms with Crippen molar-refractivity contribution in [3.63, 3.8) is 0 Å². The second-order valence-corrected chi connectivity index (χ2v) is 13.4. The zero-order chi connectivity index (χ0) is 27.1. The van der Waals surface area contributed by atoms with E-state index in [0.29, 0.717) is 11.6 Å². The van der Waals surface area contributed by atoms with Crippen LogP contribution in [0.4, 0.5) is 5.82 Å². The molecule has 37 heavy (non-hydrogen) atoms. The molecule has 1 aromatic carbocycles. The Morgan fingerprint density at radius 1 is 1.16 bits per heavy atom. The van der Waals surface area contributed by atoms with E-state index in [0.717, 1.165) is 5.56 Å². The minimum absolute atomic E-state index is 0.0158. The van der Waals surface area contributed by atoms with Crippen LogP contribution in [0.1, 0.15) is 24.9 Å². The molecule has 2 aromatic heterocycles. The topological polar surface area (TPSA) is 213 Å². The van der Waals surface area contributed by atoms with E-state index in [1.165, 1.54) is 11.6 Å². The van der Waals surface area contributed by atoms with E-state index in [2.05, 4.69) is 25.6 Å². The van der Waals surface area contributed by atoms with E-state index in [1.807, 2.05) is 12.1 Å². The molecule has 4 rings (SSSR count). The molecule has 14 nitrogen and oxygen atoms in total. The first-order chi connectivity index (χ1) is 17.3. The smallest absolute Gasteiger partial charge is 0.340 e. The minimum Gasteiger partial charge on any atom is -0.390 e. The Bertz CT molecular complexity index is 1390. The summed E-state index contributed by atoms with van der Waals surface area (Å²) in [5, 5.41) is 33.1. The third-order valence-corrected chi connectivity index (χ3v) is 10.1. The number of nitrogens with zero attached hydrogens (tertiary/aromatic N) is 5. The van der Waals surface area contributed by atoms with Crippen molar-refractivity contribution in [2.45, 2.75) is 44.2 Å². The summed E-state index contributed by atoms with van der Waals surface area (Å²) in [6, 6.07) is 6.33. The van der Waals surface area contributed by atoms with Crippen LogP contribution in [0.2, 0.25) is 10.3 Å². The maximum Gasteiger partial charge on any atom is 0.340 e. The van der Waals surface area contributed by atoms with E-state index in [9.17, 15) is 24.2 Å². The summed E-state index contributed by atoms with van der Waals surface area (Å²) in [7, 11) is -9.52. The quantitative estimate of drug-likeness (QED) is 0.154. The van der Waals surface area contributed by atoms with Crippen molar-refractivity contribution in [2.24, 2.45) is 5.92 Å². The van der Waals surface area contributed by atoms with Gasteiger partial charge in [0.15, 0.2) is 22.9 Å². The molecule has 6 N–H and O–H groups in total. The number of nitrogens with one attached hydrogen (secondary N) is 1. The summed E-state index contributed by atoms with van der Waals surface area (Å²) >= 11 is 12.3. The van der Waals surface area contributed by atoms with Gasteiger partial charge in [0, 0.05) is 17.5 Å². The van der Waals surface area contributed by atoms with Crippen LogP contribution in [0.15, 0.2) is 24.3 Å². The normalized spacial score (nSPS) is 24.8. The number of aliphatic hydroxyl groups excluding tert-OH is 2. The van der Waals surface area contributed by atoms with Gasteiger partial charge in [-0.25, -0.2) is 4.68 Å². The Morgan fingerprint density at radius 2 is 1.86 bits per heavy atom. The average molecular weight is 597 g/mol. The van der Waals surface area contributed by atoms with Gasteiger partial charge in [-0.1, -0.05) is 35.0 Å². The molecule has 202 valence electrons. The van der Waals surface area contributed by atoms with Crippen LogP contribution in [-0.2, 0) is 20.2 Å². The number of hydrogen-bond acceptors (Lipinski definition) is 10. The molecule has 0 bridgehead atoms. The highest BCUT2D eigenvalue weighted by molar-refractivity contribution is 7.70. The van der Waals surface area contributed by atoms with Crippen molar-refractivity contribution in [3.05, 3.63) is 40.1 Å². The molecule has 0 amide bonds. The molecule has 0 radical (unpaired) electrons. The Hall–Kier alpha value is -1.70. The molecule has 1 fully saturated rings. The molecule has 18 heteroatoms. The number of aromatic nitrogens is 5. The lowest BCUT2D eigenvalue weighted by atomic mass is 10.00. The molecule has 1 aliphatic carbocycles. The fraction of sp³-hybridized carbons (Fsp3) is 0.474. The number of rotatable bonds is 9. The first-order valence-corrected chi connectivity index (χ1v) is 15.2. The van der Waals surface area contributed by atoms with Gasteiger partial charge < -0.3 is 34.7 Å². The Balaban J connectivity index is 1.56. The maximum atomic E-state index is 12.2. The van der Waals surface area contributed by atoms with Crippen molar-refractivity contribution >= 4 is 55.4 Å². The van der Waals surface area contributed by atoms with E-state index >= 15 is 0 Å². The van der Waals surface area contributed by atoms with Gasteiger partial charge in [0.25, 0.3) is 0 Å². The van der Waals surface area contributed by atoms with Crippen LogP contribution in [0, 0.1) is 5.92 Å². The summed E-state index contributed by atoms with van der Waals surface area (Å²) in [4.78, 5) is 36.2. The number of aliphatic hydroxyl groups is 2. The van der Waals surface area contributed by atoms with Crippen LogP contribution in [-0.4, -0.2) is 74.1 Å². The second kappa shape index (κ2) is 10.8. The molecule has 0 saturated heterocycles. The van der Waals surface area contributed by atoms with Crippen molar-refractivity contribution in [1.29, 1.82) is 0 Å². The summed E-state index contributed by atoms with van der Waals surface area (Å²) in [6.07, 6.45) is -3.93. The van der Waals surface area contributed by atoms with Crippen LogP contribution >= 0.6 is 38.4 Å². The molecule has 6 atom stereocenters. The Morgan fingerprint density at radius 3 is 2.54 bits per heavy atom. The number of hydrogen-bond donors (Lipinski definition) is 6. The molecule has 1 saturated carbocycles. The maximum absolute atomic E-state index is 12.2. The molecule has 1 unspecified atom stereocenters. The SMILES string of the molecule is C[C@H](OP(=O)(O)CP(=O)(O)O)[C@H]1C[C@@H](n2nnc3c(NCc4ccccc4Cl)nc(Cl)nc32)[C@H](O)[C@@H]1O. The summed E-state index contributed by atoms with van der Waals surface area (Å²) in [5.74, 6) is -1.99. The number of fused-ring (bicyclic) bond motifs is 1. The van der Waals surface area contributed by atoms with Gasteiger partial charge in [0.1, 0.15) is 6.10 Å². The highest BCUT2D eigenvalue weighted by Gasteiger charge is 2.48. The largest absolute Gasteiger partial charge is 0.390 e. The highest BCUT2D eigenvalue weighted by atomic mass is 35.5. The number of anilines is 1. The van der Waals surface area contributed by atoms with Gasteiger partial charge in [-0.2, -0.15) is 9.97 Å². The Labute approximate surface area is 220 Å². The van der Waals surface area contributed by atoms with Crippen LogP contribution in [0.25, 0.3) is 11.2 Å². The first-order valence-electron chi connectivity index (χ1n) is 10.9. The molecular formula is C19H24Cl2N6O8P2. The van der Waals surface area contributed by atoms with Crippen LogP contribution < -0.4 is 5.32 Å². The molecule has 0 spiro atoms. The first kappa shape index (κ1) is 28.3. The second-order valence-electron chi connectivity index (χ2n) is 8.69. The van der Waals surface area contributed by atoms with Crippen molar-refractivity contribution < 1.29 is 38.5 Å². The summed E-state index contributed by atoms with van der Waals surface area (Å²) in [5.41, 5.74) is 1.21. The van der Waals surface area contributed by atoms with E-state index in [4.69, 9.17) is 37.5 Å². The minimum atomic E-state index is -4.83. The molecular weight excluding hydrogens is 573 g/mol. The van der Waals surface area contributed by atoms with Crippen LogP contribution in [0.3, 0.4) is 0 Å². The molecule has 0 aliphatic heterocycles. The van der Waals surface area contributed by atoms with Crippen LogP contribution in [0.5, 0.6) is 0 Å². The van der Waals surface area contributed by atoms with Gasteiger partial charge in [0.05, 0.1) is 18.2 Å². The third-order valence-electron chi connectivity index (χ3n) is 6.01. The zero-order valence-corrected chi connectivity index (χ0v) is 22.5. The average Bonchev–Trinajstić information content (AvgIpc) is 3.32. The third kappa shape index (κ3) is 6.48. The number of benzene rings is 1. The lowest BCUT2D eigenvalue weighted by molar-refractivity contribution is -0.0184. The van der Waals surface area contributed by atoms with Gasteiger partial charge >= 0.3 is 15.2 Å². The van der Waals surface area contributed by atoms with Gasteiger partial charge in [0.2, 0.25) is 5.28 Å². The van der Waals surface area contributed by atoms with Crippen molar-refractivity contribution in [1.82, 2.24) is 25.0 Å². The zero-order valence-electron chi connectivity index (χ0n) is 19.2. The van der Waals surface area contributed by atoms with Gasteiger partial charge in [-0.3, -0.25) is 9.13 Å². The van der Waals surface area contributed by atoms with E-state index < -0.39 is 51.4 Å². The van der Waals surface area contributed by atoms with Crippen molar-refractivity contribution in [2.75, 3.05) is 11.2 Å². The molecule has 3 aromatic rings. The van der Waals surface area contributed by atoms with E-state index in [1.54, 1.807) is 12.1 Å². The predicted molar refractivity (Wildman–Crippen MR) is 133 cm³/mol. The van der Waals surface area contributed by atoms with Gasteiger partial charge in [-0.05, 0) is 36.6 Å². The predicted octanol–water partition coefficient (Wildman–Crippen LogP) is 2.15. The summed E-state index contributed by atoms with van der Waals surface area (Å²) < 4.78 is 29.6. The van der Waals surface area contributed by atoms with E-state index in [-0.39, 0.29) is 28.7 Å². The van der Waals surface area contributed by atoms with Gasteiger partial charge in [-0.15, -0.1) is 5.10 Å². The summed E-state index contributed by atoms with van der Waals surface area (Å²) in [6.45, 7) is 1.66. The molecule has 2 heterocycles.